The minimum absolute atomic E-state index is 0.0247. The van der Waals surface area contributed by atoms with E-state index in [-0.39, 0.29) is 5.91 Å². The Labute approximate surface area is 182 Å². The van der Waals surface area contributed by atoms with Gasteiger partial charge in [-0.2, -0.15) is 0 Å². The number of carbonyl (C=O) groups is 1. The van der Waals surface area contributed by atoms with Crippen molar-refractivity contribution < 1.29 is 4.79 Å². The summed E-state index contributed by atoms with van der Waals surface area (Å²) >= 11 is 6.05. The Morgan fingerprint density at radius 2 is 1.70 bits per heavy atom. The zero-order valence-electron chi connectivity index (χ0n) is 17.3. The number of aromatic nitrogens is 2. The van der Waals surface area contributed by atoms with Crippen molar-refractivity contribution >= 4 is 23.3 Å². The lowest BCUT2D eigenvalue weighted by Gasteiger charge is -2.36. The monoisotopic (exact) mass is 420 g/mol. The summed E-state index contributed by atoms with van der Waals surface area (Å²) in [7, 11) is 0. The number of benzene rings is 2. The van der Waals surface area contributed by atoms with E-state index in [0.29, 0.717) is 23.7 Å². The highest BCUT2D eigenvalue weighted by molar-refractivity contribution is 6.30. The molecule has 1 aliphatic rings. The van der Waals surface area contributed by atoms with E-state index < -0.39 is 0 Å². The minimum Gasteiger partial charge on any atom is -0.353 e. The predicted molar refractivity (Wildman–Crippen MR) is 120 cm³/mol. The summed E-state index contributed by atoms with van der Waals surface area (Å²) in [4.78, 5) is 26.4. The Kier molecular flexibility index (Phi) is 6.00. The van der Waals surface area contributed by atoms with Crippen molar-refractivity contribution in [1.82, 2.24) is 14.9 Å². The van der Waals surface area contributed by atoms with Crippen molar-refractivity contribution in [2.24, 2.45) is 0 Å². The zero-order valence-corrected chi connectivity index (χ0v) is 18.1. The summed E-state index contributed by atoms with van der Waals surface area (Å²) in [6.45, 7) is 6.77. The summed E-state index contributed by atoms with van der Waals surface area (Å²) < 4.78 is 0. The Morgan fingerprint density at radius 3 is 2.40 bits per heavy atom. The third kappa shape index (κ3) is 4.46. The van der Waals surface area contributed by atoms with Gasteiger partial charge in [-0.25, -0.2) is 9.97 Å². The van der Waals surface area contributed by atoms with E-state index in [4.69, 9.17) is 16.6 Å². The van der Waals surface area contributed by atoms with Crippen molar-refractivity contribution in [2.45, 2.75) is 20.3 Å². The fourth-order valence-electron chi connectivity index (χ4n) is 3.91. The number of hydrogen-bond acceptors (Lipinski definition) is 4. The van der Waals surface area contributed by atoms with Gasteiger partial charge in [-0.15, -0.1) is 0 Å². The molecule has 5 nitrogen and oxygen atoms in total. The molecular weight excluding hydrogens is 396 g/mol. The van der Waals surface area contributed by atoms with Crippen LogP contribution in [-0.2, 0) is 6.42 Å². The van der Waals surface area contributed by atoms with E-state index >= 15 is 0 Å². The predicted octanol–water partition coefficient (Wildman–Crippen LogP) is 4.30. The van der Waals surface area contributed by atoms with E-state index in [9.17, 15) is 4.79 Å². The second-order valence-electron chi connectivity index (χ2n) is 7.61. The van der Waals surface area contributed by atoms with Gasteiger partial charge in [0.05, 0.1) is 0 Å². The van der Waals surface area contributed by atoms with Crippen LogP contribution in [0.2, 0.25) is 5.02 Å². The second kappa shape index (κ2) is 8.84. The van der Waals surface area contributed by atoms with Crippen molar-refractivity contribution in [3.63, 3.8) is 0 Å². The van der Waals surface area contributed by atoms with Gasteiger partial charge in [0.2, 0.25) is 0 Å². The first kappa shape index (κ1) is 20.4. The number of anilines is 1. The number of amides is 1. The third-order valence-corrected chi connectivity index (χ3v) is 5.70. The molecule has 0 spiro atoms. The maximum Gasteiger partial charge on any atom is 0.254 e. The Balaban J connectivity index is 1.52. The van der Waals surface area contributed by atoms with Gasteiger partial charge in [0, 0.05) is 54.4 Å². The van der Waals surface area contributed by atoms with E-state index in [1.807, 2.05) is 30.0 Å². The Hall–Kier alpha value is -2.92. The molecule has 1 aromatic heterocycles. The quantitative estimate of drug-likeness (QED) is 0.631. The number of carbonyl (C=O) groups excluding carboxylic acids is 1. The van der Waals surface area contributed by atoms with Gasteiger partial charge in [-0.3, -0.25) is 4.79 Å². The molecule has 0 N–H and O–H groups in total. The van der Waals surface area contributed by atoms with Gasteiger partial charge in [-0.1, -0.05) is 48.0 Å². The number of rotatable bonds is 4. The lowest BCUT2D eigenvalue weighted by atomic mass is 10.0. The largest absolute Gasteiger partial charge is 0.353 e. The van der Waals surface area contributed by atoms with Gasteiger partial charge in [0.1, 0.15) is 11.6 Å². The number of piperazine rings is 1. The van der Waals surface area contributed by atoms with Crippen LogP contribution in [0.5, 0.6) is 0 Å². The molecule has 2 heterocycles. The molecule has 0 aliphatic carbocycles. The maximum atomic E-state index is 12.8. The molecule has 1 amide bonds. The summed E-state index contributed by atoms with van der Waals surface area (Å²) in [6, 6.07) is 17.5. The molecule has 4 rings (SSSR count). The highest BCUT2D eigenvalue weighted by Gasteiger charge is 2.25. The highest BCUT2D eigenvalue weighted by Crippen LogP contribution is 2.25. The van der Waals surface area contributed by atoms with Gasteiger partial charge in [0.15, 0.2) is 0 Å². The average Bonchev–Trinajstić information content (AvgIpc) is 2.76. The van der Waals surface area contributed by atoms with Crippen LogP contribution in [0.3, 0.4) is 0 Å². The average molecular weight is 421 g/mol. The lowest BCUT2D eigenvalue weighted by molar-refractivity contribution is 0.0746. The van der Waals surface area contributed by atoms with Crippen molar-refractivity contribution in [3.8, 4) is 0 Å². The molecule has 0 unspecified atom stereocenters. The van der Waals surface area contributed by atoms with Gasteiger partial charge in [0.25, 0.3) is 5.91 Å². The smallest absolute Gasteiger partial charge is 0.254 e. The number of aryl methyl sites for hydroxylation is 2. The molecule has 0 radical (unpaired) electrons. The summed E-state index contributed by atoms with van der Waals surface area (Å²) in [5.41, 5.74) is 4.04. The topological polar surface area (TPSA) is 49.3 Å². The number of halogens is 1. The fourth-order valence-corrected chi connectivity index (χ4v) is 4.10. The minimum atomic E-state index is 0.0247. The highest BCUT2D eigenvalue weighted by atomic mass is 35.5. The molecule has 0 saturated carbocycles. The van der Waals surface area contributed by atoms with Crippen LogP contribution in [0.25, 0.3) is 0 Å². The molecule has 1 saturated heterocycles. The van der Waals surface area contributed by atoms with Crippen LogP contribution < -0.4 is 4.90 Å². The van der Waals surface area contributed by atoms with Crippen LogP contribution in [0.1, 0.15) is 33.0 Å². The van der Waals surface area contributed by atoms with Gasteiger partial charge < -0.3 is 9.80 Å². The molecule has 0 atom stereocenters. The maximum absolute atomic E-state index is 12.8. The van der Waals surface area contributed by atoms with Crippen molar-refractivity contribution in [3.05, 3.63) is 87.8 Å². The van der Waals surface area contributed by atoms with Crippen LogP contribution in [0.15, 0.2) is 54.6 Å². The first-order valence-electron chi connectivity index (χ1n) is 10.2. The van der Waals surface area contributed by atoms with E-state index in [2.05, 4.69) is 41.1 Å². The fraction of sp³-hybridized carbons (Fsp3) is 0.292. The summed E-state index contributed by atoms with van der Waals surface area (Å²) in [6.07, 6.45) is 0.796. The molecule has 1 aliphatic heterocycles. The molecule has 154 valence electrons. The number of hydrogen-bond donors (Lipinski definition) is 0. The van der Waals surface area contributed by atoms with Crippen LogP contribution in [-0.4, -0.2) is 47.0 Å². The number of nitrogens with zero attached hydrogens (tertiary/aromatic N) is 4. The van der Waals surface area contributed by atoms with Crippen molar-refractivity contribution in [1.29, 1.82) is 0 Å². The Bertz CT molecular complexity index is 1050. The second-order valence-corrected chi connectivity index (χ2v) is 8.05. The first-order valence-corrected chi connectivity index (χ1v) is 10.6. The summed E-state index contributed by atoms with van der Waals surface area (Å²) in [5.74, 6) is 1.78. The standard InChI is InChI=1S/C24H25ClN4O/c1-17-22(15-19-7-4-3-5-8-19)23(27-18(2)26-17)28-11-13-29(14-12-28)24(30)20-9-6-10-21(25)16-20/h3-10,16H,11-15H2,1-2H3. The van der Waals surface area contributed by atoms with E-state index in [0.717, 1.165) is 42.4 Å². The van der Waals surface area contributed by atoms with Crippen LogP contribution >= 0.6 is 11.6 Å². The molecule has 3 aromatic rings. The van der Waals surface area contributed by atoms with Gasteiger partial charge >= 0.3 is 0 Å². The third-order valence-electron chi connectivity index (χ3n) is 5.47. The SMILES string of the molecule is Cc1nc(C)c(Cc2ccccc2)c(N2CCN(C(=O)c3cccc(Cl)c3)CC2)n1. The van der Waals surface area contributed by atoms with Crippen molar-refractivity contribution in [2.75, 3.05) is 31.1 Å². The van der Waals surface area contributed by atoms with Crippen LogP contribution in [0.4, 0.5) is 5.82 Å². The normalized spacial score (nSPS) is 14.1. The molecular formula is C24H25ClN4O. The summed E-state index contributed by atoms with van der Waals surface area (Å²) in [5, 5.41) is 0.581. The Morgan fingerprint density at radius 1 is 0.967 bits per heavy atom. The molecule has 6 heteroatoms. The lowest BCUT2D eigenvalue weighted by Crippen LogP contribution is -2.49. The zero-order chi connectivity index (χ0) is 21.1. The van der Waals surface area contributed by atoms with E-state index in [1.54, 1.807) is 12.1 Å². The van der Waals surface area contributed by atoms with E-state index in [1.165, 1.54) is 5.56 Å². The van der Waals surface area contributed by atoms with Gasteiger partial charge in [-0.05, 0) is 37.6 Å². The van der Waals surface area contributed by atoms with Crippen LogP contribution in [0, 0.1) is 13.8 Å². The first-order chi connectivity index (χ1) is 14.5. The molecule has 0 bridgehead atoms. The molecule has 1 fully saturated rings. The molecule has 30 heavy (non-hydrogen) atoms. The molecule has 2 aromatic carbocycles.